The predicted octanol–water partition coefficient (Wildman–Crippen LogP) is 0.759. The Morgan fingerprint density at radius 1 is 1.58 bits per heavy atom. The quantitative estimate of drug-likeness (QED) is 0.771. The van der Waals surface area contributed by atoms with E-state index in [-0.39, 0.29) is 0 Å². The summed E-state index contributed by atoms with van der Waals surface area (Å²) in [5.74, 6) is 0.104. The van der Waals surface area contributed by atoms with E-state index in [4.69, 9.17) is 5.73 Å². The number of nitrogens with two attached hydrogens (primary N) is 1. The van der Waals surface area contributed by atoms with E-state index in [1.165, 1.54) is 13.3 Å². The maximum absolute atomic E-state index is 11.5. The number of esters is 1. The monoisotopic (exact) mass is 261 g/mol. The third-order valence-electron chi connectivity index (χ3n) is 2.58. The van der Waals surface area contributed by atoms with Crippen LogP contribution in [0.25, 0.3) is 0 Å². The summed E-state index contributed by atoms with van der Waals surface area (Å²) in [5.41, 5.74) is 6.27. The largest absolute Gasteiger partial charge is 0.465 e. The summed E-state index contributed by atoms with van der Waals surface area (Å²) in [6.45, 7) is 1.41. The van der Waals surface area contributed by atoms with Crippen molar-refractivity contribution < 1.29 is 9.53 Å². The predicted molar refractivity (Wildman–Crippen MR) is 70.7 cm³/mol. The minimum Gasteiger partial charge on any atom is -0.465 e. The minimum absolute atomic E-state index is 0.298. The van der Waals surface area contributed by atoms with Crippen molar-refractivity contribution in [3.8, 4) is 0 Å². The van der Waals surface area contributed by atoms with Crippen LogP contribution in [0, 0.1) is 0 Å². The van der Waals surface area contributed by atoms with Crippen LogP contribution < -0.4 is 11.1 Å². The van der Waals surface area contributed by atoms with Crippen molar-refractivity contribution in [2.45, 2.75) is 6.54 Å². The SMILES string of the molecule is COC(=O)c1cc(NCCn2ccnc2)ncc1N. The number of aromatic nitrogens is 3. The van der Waals surface area contributed by atoms with E-state index in [1.807, 2.05) is 10.8 Å². The van der Waals surface area contributed by atoms with Crippen molar-refractivity contribution in [2.24, 2.45) is 0 Å². The van der Waals surface area contributed by atoms with Gasteiger partial charge < -0.3 is 20.4 Å². The third-order valence-corrected chi connectivity index (χ3v) is 2.58. The van der Waals surface area contributed by atoms with Crippen LogP contribution in [0.1, 0.15) is 10.4 Å². The smallest absolute Gasteiger partial charge is 0.340 e. The zero-order valence-electron chi connectivity index (χ0n) is 10.5. The summed E-state index contributed by atoms with van der Waals surface area (Å²) in [5, 5.41) is 3.11. The van der Waals surface area contributed by atoms with E-state index in [0.717, 1.165) is 6.54 Å². The molecule has 0 aromatic carbocycles. The van der Waals surface area contributed by atoms with Crippen LogP contribution in [0.2, 0.25) is 0 Å². The van der Waals surface area contributed by atoms with Gasteiger partial charge in [0, 0.05) is 25.5 Å². The summed E-state index contributed by atoms with van der Waals surface area (Å²) in [6.07, 6.45) is 6.76. The Balaban J connectivity index is 1.99. The van der Waals surface area contributed by atoms with Crippen molar-refractivity contribution in [3.63, 3.8) is 0 Å². The molecule has 2 rings (SSSR count). The van der Waals surface area contributed by atoms with Gasteiger partial charge >= 0.3 is 5.97 Å². The third kappa shape index (κ3) is 3.21. The first kappa shape index (κ1) is 12.9. The standard InChI is InChI=1S/C12H15N5O2/c1-19-12(18)9-6-11(16-7-10(9)13)15-3-5-17-4-2-14-8-17/h2,4,6-8H,3,5,13H2,1H3,(H,15,16). The lowest BCUT2D eigenvalue weighted by atomic mass is 10.2. The second-order valence-corrected chi connectivity index (χ2v) is 3.88. The van der Waals surface area contributed by atoms with Crippen molar-refractivity contribution in [1.29, 1.82) is 0 Å². The number of nitrogens with zero attached hydrogens (tertiary/aromatic N) is 3. The average molecular weight is 261 g/mol. The number of anilines is 2. The first-order valence-electron chi connectivity index (χ1n) is 5.74. The number of nitrogens with one attached hydrogen (secondary N) is 1. The number of nitrogen functional groups attached to an aromatic ring is 1. The molecule has 0 amide bonds. The van der Waals surface area contributed by atoms with Crippen LogP contribution >= 0.6 is 0 Å². The molecule has 7 nitrogen and oxygen atoms in total. The van der Waals surface area contributed by atoms with Crippen LogP contribution in [-0.2, 0) is 11.3 Å². The molecule has 0 radical (unpaired) electrons. The summed E-state index contributed by atoms with van der Waals surface area (Å²) in [6, 6.07) is 1.58. The molecule has 2 heterocycles. The van der Waals surface area contributed by atoms with Gasteiger partial charge in [0.25, 0.3) is 0 Å². The van der Waals surface area contributed by atoms with Crippen LogP contribution in [0.5, 0.6) is 0 Å². The maximum Gasteiger partial charge on any atom is 0.340 e. The number of ether oxygens (including phenoxy) is 1. The molecule has 0 bridgehead atoms. The molecule has 7 heteroatoms. The van der Waals surface area contributed by atoms with Crippen molar-refractivity contribution in [3.05, 3.63) is 36.5 Å². The Hall–Kier alpha value is -2.57. The molecule has 3 N–H and O–H groups in total. The Labute approximate surface area is 110 Å². The molecule has 100 valence electrons. The Morgan fingerprint density at radius 3 is 3.11 bits per heavy atom. The second-order valence-electron chi connectivity index (χ2n) is 3.88. The molecule has 0 aliphatic heterocycles. The Bertz CT molecular complexity index is 553. The number of methoxy groups -OCH3 is 1. The van der Waals surface area contributed by atoms with Gasteiger partial charge in [-0.2, -0.15) is 0 Å². The number of carbonyl (C=O) groups is 1. The summed E-state index contributed by atoms with van der Waals surface area (Å²) >= 11 is 0. The van der Waals surface area contributed by atoms with E-state index in [9.17, 15) is 4.79 Å². The van der Waals surface area contributed by atoms with Gasteiger partial charge in [-0.1, -0.05) is 0 Å². The molecule has 0 unspecified atom stereocenters. The molecular weight excluding hydrogens is 246 g/mol. The molecule has 0 spiro atoms. The number of pyridine rings is 1. The number of hydrogen-bond acceptors (Lipinski definition) is 6. The van der Waals surface area contributed by atoms with Crippen LogP contribution in [0.4, 0.5) is 11.5 Å². The molecule has 19 heavy (non-hydrogen) atoms. The highest BCUT2D eigenvalue weighted by atomic mass is 16.5. The Kier molecular flexibility index (Phi) is 3.97. The van der Waals surface area contributed by atoms with Crippen LogP contribution in [0.15, 0.2) is 31.0 Å². The fourth-order valence-corrected chi connectivity index (χ4v) is 1.58. The summed E-state index contributed by atoms with van der Waals surface area (Å²) < 4.78 is 6.58. The molecular formula is C12H15N5O2. The second kappa shape index (κ2) is 5.85. The van der Waals surface area contributed by atoms with Gasteiger partial charge in [0.2, 0.25) is 0 Å². The van der Waals surface area contributed by atoms with E-state index >= 15 is 0 Å². The van der Waals surface area contributed by atoms with Crippen molar-refractivity contribution in [1.82, 2.24) is 14.5 Å². The first-order chi connectivity index (χ1) is 9.20. The highest BCUT2D eigenvalue weighted by Gasteiger charge is 2.11. The van der Waals surface area contributed by atoms with Crippen LogP contribution in [0.3, 0.4) is 0 Å². The molecule has 0 fully saturated rings. The van der Waals surface area contributed by atoms with Gasteiger partial charge in [-0.15, -0.1) is 0 Å². The number of hydrogen-bond donors (Lipinski definition) is 2. The topological polar surface area (TPSA) is 95.1 Å². The molecule has 0 saturated carbocycles. The van der Waals surface area contributed by atoms with Gasteiger partial charge in [0.1, 0.15) is 5.82 Å². The molecule has 0 atom stereocenters. The number of rotatable bonds is 5. The zero-order valence-corrected chi connectivity index (χ0v) is 10.5. The lowest BCUT2D eigenvalue weighted by Crippen LogP contribution is -2.12. The highest BCUT2D eigenvalue weighted by molar-refractivity contribution is 5.95. The van der Waals surface area contributed by atoms with Gasteiger partial charge in [-0.3, -0.25) is 0 Å². The van der Waals surface area contributed by atoms with Gasteiger partial charge in [-0.05, 0) is 6.07 Å². The van der Waals surface area contributed by atoms with Gasteiger partial charge in [0.05, 0.1) is 30.9 Å². The van der Waals surface area contributed by atoms with E-state index < -0.39 is 5.97 Å². The zero-order chi connectivity index (χ0) is 13.7. The van der Waals surface area contributed by atoms with Crippen LogP contribution in [-0.4, -0.2) is 34.2 Å². The molecule has 0 aliphatic carbocycles. The van der Waals surface area contributed by atoms with E-state index in [2.05, 4.69) is 20.0 Å². The number of imidazole rings is 1. The highest BCUT2D eigenvalue weighted by Crippen LogP contribution is 2.15. The Morgan fingerprint density at radius 2 is 2.42 bits per heavy atom. The average Bonchev–Trinajstić information content (AvgIpc) is 2.93. The van der Waals surface area contributed by atoms with E-state index in [1.54, 1.807) is 18.6 Å². The fourth-order valence-electron chi connectivity index (χ4n) is 1.58. The van der Waals surface area contributed by atoms with Gasteiger partial charge in [0.15, 0.2) is 0 Å². The van der Waals surface area contributed by atoms with Crippen molar-refractivity contribution >= 4 is 17.5 Å². The summed E-state index contributed by atoms with van der Waals surface area (Å²) in [4.78, 5) is 19.5. The summed E-state index contributed by atoms with van der Waals surface area (Å²) in [7, 11) is 1.31. The minimum atomic E-state index is -0.474. The number of carbonyl (C=O) groups excluding carboxylic acids is 1. The molecule has 2 aromatic heterocycles. The molecule has 0 aliphatic rings. The lowest BCUT2D eigenvalue weighted by Gasteiger charge is -2.09. The first-order valence-corrected chi connectivity index (χ1v) is 5.74. The maximum atomic E-state index is 11.5. The molecule has 0 saturated heterocycles. The lowest BCUT2D eigenvalue weighted by molar-refractivity contribution is 0.0602. The van der Waals surface area contributed by atoms with E-state index in [0.29, 0.717) is 23.6 Å². The molecule has 2 aromatic rings. The fraction of sp³-hybridized carbons (Fsp3) is 0.250. The van der Waals surface area contributed by atoms with Crippen molar-refractivity contribution in [2.75, 3.05) is 24.7 Å². The normalized spacial score (nSPS) is 10.2. The van der Waals surface area contributed by atoms with Gasteiger partial charge in [-0.25, -0.2) is 14.8 Å².